The molecule has 0 bridgehead atoms. The molecule has 2 aromatic heterocycles. The van der Waals surface area contributed by atoms with Crippen molar-refractivity contribution in [2.24, 2.45) is 0 Å². The van der Waals surface area contributed by atoms with Gasteiger partial charge in [0.1, 0.15) is 17.3 Å². The Morgan fingerprint density at radius 1 is 1.02 bits per heavy atom. The Hall–Kier alpha value is -4.31. The molecule has 0 amide bonds. The van der Waals surface area contributed by atoms with Crippen LogP contribution in [0.3, 0.4) is 0 Å². The highest BCUT2D eigenvalue weighted by Crippen LogP contribution is 2.31. The molecule has 0 aliphatic rings. The summed E-state index contributed by atoms with van der Waals surface area (Å²) < 4.78 is 10.6. The fourth-order valence-corrected chi connectivity index (χ4v) is 5.02. The van der Waals surface area contributed by atoms with Gasteiger partial charge in [-0.05, 0) is 43.3 Å². The summed E-state index contributed by atoms with van der Waals surface area (Å²) in [5.74, 6) is 1.06. The van der Waals surface area contributed by atoms with Gasteiger partial charge in [-0.2, -0.15) is 0 Å². The van der Waals surface area contributed by atoms with Crippen LogP contribution in [-0.4, -0.2) is 77.4 Å². The SMILES string of the molecule is COC(=O)c1ccc2c(c1)[nH]c1nc(Cc3ccccc3)nc(NCCCN(C)CC(O)COCc3ccccc3)c12. The summed E-state index contributed by atoms with van der Waals surface area (Å²) in [6.07, 6.45) is 0.888. The molecular formula is C33H37N5O4. The molecule has 1 atom stereocenters. The fourth-order valence-electron chi connectivity index (χ4n) is 5.02. The van der Waals surface area contributed by atoms with Crippen molar-refractivity contribution in [1.82, 2.24) is 19.9 Å². The minimum absolute atomic E-state index is 0.291. The quantitative estimate of drug-likeness (QED) is 0.130. The number of aliphatic hydroxyl groups is 1. The zero-order valence-corrected chi connectivity index (χ0v) is 24.0. The van der Waals surface area contributed by atoms with E-state index < -0.39 is 6.10 Å². The highest BCUT2D eigenvalue weighted by Gasteiger charge is 2.16. The third kappa shape index (κ3) is 7.50. The summed E-state index contributed by atoms with van der Waals surface area (Å²) in [6.45, 7) is 2.79. The van der Waals surface area contributed by atoms with Gasteiger partial charge in [0, 0.05) is 30.4 Å². The summed E-state index contributed by atoms with van der Waals surface area (Å²) in [7, 11) is 3.37. The molecule has 0 saturated heterocycles. The molecule has 3 aromatic carbocycles. The van der Waals surface area contributed by atoms with Gasteiger partial charge < -0.3 is 29.8 Å². The Balaban J connectivity index is 1.23. The molecular weight excluding hydrogens is 530 g/mol. The molecule has 9 nitrogen and oxygen atoms in total. The van der Waals surface area contributed by atoms with Gasteiger partial charge in [-0.15, -0.1) is 0 Å². The van der Waals surface area contributed by atoms with Crippen LogP contribution in [-0.2, 0) is 22.5 Å². The third-order valence-corrected chi connectivity index (χ3v) is 7.08. The van der Waals surface area contributed by atoms with E-state index in [-0.39, 0.29) is 5.97 Å². The molecule has 0 fully saturated rings. The van der Waals surface area contributed by atoms with Crippen molar-refractivity contribution in [2.45, 2.75) is 25.6 Å². The highest BCUT2D eigenvalue weighted by atomic mass is 16.5. The lowest BCUT2D eigenvalue weighted by molar-refractivity contribution is 0.0137. The van der Waals surface area contributed by atoms with Crippen LogP contribution in [0.25, 0.3) is 21.9 Å². The van der Waals surface area contributed by atoms with E-state index in [1.807, 2.05) is 61.6 Å². The number of esters is 1. The molecule has 9 heteroatoms. The van der Waals surface area contributed by atoms with Gasteiger partial charge in [-0.1, -0.05) is 66.7 Å². The molecule has 0 spiro atoms. The van der Waals surface area contributed by atoms with Gasteiger partial charge in [0.2, 0.25) is 0 Å². The van der Waals surface area contributed by atoms with Crippen LogP contribution in [0.1, 0.15) is 33.7 Å². The molecule has 0 saturated carbocycles. The molecule has 42 heavy (non-hydrogen) atoms. The molecule has 218 valence electrons. The molecule has 0 aliphatic heterocycles. The number of nitrogens with zero attached hydrogens (tertiary/aromatic N) is 3. The molecule has 5 rings (SSSR count). The van der Waals surface area contributed by atoms with Crippen molar-refractivity contribution in [2.75, 3.05) is 45.7 Å². The Kier molecular flexibility index (Phi) is 9.76. The van der Waals surface area contributed by atoms with Crippen molar-refractivity contribution in [1.29, 1.82) is 0 Å². The number of aromatic amines is 1. The van der Waals surface area contributed by atoms with Crippen molar-refractivity contribution < 1.29 is 19.4 Å². The molecule has 0 radical (unpaired) electrons. The largest absolute Gasteiger partial charge is 0.465 e. The monoisotopic (exact) mass is 567 g/mol. The van der Waals surface area contributed by atoms with Crippen LogP contribution in [0.2, 0.25) is 0 Å². The van der Waals surface area contributed by atoms with Crippen LogP contribution in [0.5, 0.6) is 0 Å². The average Bonchev–Trinajstić information content (AvgIpc) is 3.37. The first kappa shape index (κ1) is 29.2. The van der Waals surface area contributed by atoms with Crippen molar-refractivity contribution >= 4 is 33.7 Å². The van der Waals surface area contributed by atoms with E-state index in [9.17, 15) is 9.90 Å². The van der Waals surface area contributed by atoms with Crippen molar-refractivity contribution in [3.8, 4) is 0 Å². The molecule has 5 aromatic rings. The number of anilines is 1. The lowest BCUT2D eigenvalue weighted by atomic mass is 10.1. The number of rotatable bonds is 14. The molecule has 1 unspecified atom stereocenters. The van der Waals surface area contributed by atoms with E-state index in [0.717, 1.165) is 46.2 Å². The number of fused-ring (bicyclic) bond motifs is 3. The average molecular weight is 568 g/mol. The number of likely N-dealkylation sites (N-methyl/N-ethyl adjacent to an activating group) is 1. The van der Waals surface area contributed by atoms with E-state index >= 15 is 0 Å². The Morgan fingerprint density at radius 2 is 1.76 bits per heavy atom. The lowest BCUT2D eigenvalue weighted by Crippen LogP contribution is -2.33. The van der Waals surface area contributed by atoms with Gasteiger partial charge in [0.15, 0.2) is 0 Å². The smallest absolute Gasteiger partial charge is 0.337 e. The van der Waals surface area contributed by atoms with Crippen LogP contribution in [0.15, 0.2) is 78.9 Å². The number of H-pyrrole nitrogens is 1. The predicted octanol–water partition coefficient (Wildman–Crippen LogP) is 4.80. The molecule has 2 heterocycles. The van der Waals surface area contributed by atoms with Crippen LogP contribution in [0.4, 0.5) is 5.82 Å². The normalized spacial score (nSPS) is 12.2. The zero-order valence-electron chi connectivity index (χ0n) is 24.0. The van der Waals surface area contributed by atoms with Gasteiger partial charge in [0.05, 0.1) is 37.4 Å². The summed E-state index contributed by atoms with van der Waals surface area (Å²) in [5.41, 5.74) is 4.20. The maximum atomic E-state index is 12.1. The summed E-state index contributed by atoms with van der Waals surface area (Å²) in [4.78, 5) is 27.3. The first-order valence-electron chi connectivity index (χ1n) is 14.2. The number of benzene rings is 3. The summed E-state index contributed by atoms with van der Waals surface area (Å²) in [5, 5.41) is 15.8. The Morgan fingerprint density at radius 3 is 2.50 bits per heavy atom. The second kappa shape index (κ2) is 14.0. The number of methoxy groups -OCH3 is 1. The number of hydrogen-bond donors (Lipinski definition) is 3. The number of hydrogen-bond acceptors (Lipinski definition) is 8. The maximum absolute atomic E-state index is 12.1. The maximum Gasteiger partial charge on any atom is 0.337 e. The number of carbonyl (C=O) groups excluding carboxylic acids is 1. The number of nitrogens with one attached hydrogen (secondary N) is 2. The predicted molar refractivity (Wildman–Crippen MR) is 165 cm³/mol. The van der Waals surface area contributed by atoms with Gasteiger partial charge >= 0.3 is 5.97 Å². The van der Waals surface area contributed by atoms with Crippen LogP contribution >= 0.6 is 0 Å². The first-order chi connectivity index (χ1) is 20.5. The standard InChI is InChI=1S/C33H37N5O4/c1-38(20-26(39)22-42-21-24-12-7-4-8-13-24)17-9-16-34-31-30-27-15-14-25(33(40)41-2)19-28(27)35-32(30)37-29(36-31)18-23-10-5-3-6-11-23/h3-8,10-15,19,26,39H,9,16-18,20-22H2,1-2H3,(H2,34,35,36,37). The Labute approximate surface area is 245 Å². The molecule has 3 N–H and O–H groups in total. The number of aliphatic hydroxyl groups excluding tert-OH is 1. The van der Waals surface area contributed by atoms with E-state index in [2.05, 4.69) is 27.3 Å². The van der Waals surface area contributed by atoms with Gasteiger partial charge in [-0.25, -0.2) is 14.8 Å². The van der Waals surface area contributed by atoms with Crippen molar-refractivity contribution in [3.05, 3.63) is 101 Å². The summed E-state index contributed by atoms with van der Waals surface area (Å²) >= 11 is 0. The molecule has 0 aliphatic carbocycles. The first-order valence-corrected chi connectivity index (χ1v) is 14.2. The zero-order chi connectivity index (χ0) is 29.3. The van der Waals surface area contributed by atoms with Crippen LogP contribution < -0.4 is 5.32 Å². The number of ether oxygens (including phenoxy) is 2. The summed E-state index contributed by atoms with van der Waals surface area (Å²) in [6, 6.07) is 25.5. The van der Waals surface area contributed by atoms with Crippen molar-refractivity contribution in [3.63, 3.8) is 0 Å². The minimum Gasteiger partial charge on any atom is -0.465 e. The van der Waals surface area contributed by atoms with Gasteiger partial charge in [-0.3, -0.25) is 0 Å². The lowest BCUT2D eigenvalue weighted by Gasteiger charge is -2.20. The van der Waals surface area contributed by atoms with E-state index in [1.54, 1.807) is 12.1 Å². The van der Waals surface area contributed by atoms with Crippen LogP contribution in [0, 0.1) is 0 Å². The fraction of sp³-hybridized carbons (Fsp3) is 0.303. The minimum atomic E-state index is -0.560. The van der Waals surface area contributed by atoms with E-state index in [4.69, 9.17) is 19.4 Å². The third-order valence-electron chi connectivity index (χ3n) is 7.08. The second-order valence-corrected chi connectivity index (χ2v) is 10.4. The second-order valence-electron chi connectivity index (χ2n) is 10.4. The topological polar surface area (TPSA) is 113 Å². The van der Waals surface area contributed by atoms with E-state index in [1.165, 1.54) is 7.11 Å². The van der Waals surface area contributed by atoms with Gasteiger partial charge in [0.25, 0.3) is 0 Å². The highest BCUT2D eigenvalue weighted by molar-refractivity contribution is 6.12. The number of carbonyl (C=O) groups is 1. The Bertz CT molecular complexity index is 1610. The number of aromatic nitrogens is 3. The van der Waals surface area contributed by atoms with E-state index in [0.29, 0.717) is 49.8 Å².